The fraction of sp³-hybridized carbons (Fsp3) is 0.600. The van der Waals surface area contributed by atoms with Crippen molar-refractivity contribution in [1.82, 2.24) is 19.8 Å². The molecule has 39 heavy (non-hydrogen) atoms. The van der Waals surface area contributed by atoms with Crippen LogP contribution < -0.4 is 19.3 Å². The molecule has 2 aromatic rings. The molecular weight excluding hydrogens is 492 g/mol. The van der Waals surface area contributed by atoms with Gasteiger partial charge in [0.05, 0.1) is 12.8 Å². The lowest BCUT2D eigenvalue weighted by Gasteiger charge is -2.39. The fourth-order valence-electron chi connectivity index (χ4n) is 6.77. The molecular formula is C30H42N6O3. The van der Waals surface area contributed by atoms with Crippen molar-refractivity contribution in [1.29, 1.82) is 0 Å². The molecule has 2 fully saturated rings. The second kappa shape index (κ2) is 11.7. The summed E-state index contributed by atoms with van der Waals surface area (Å²) >= 11 is 0. The topological polar surface area (TPSA) is 77.4 Å². The van der Waals surface area contributed by atoms with E-state index >= 15 is 0 Å². The summed E-state index contributed by atoms with van der Waals surface area (Å²) in [5.41, 5.74) is 5.01. The smallest absolute Gasteiger partial charge is 0.318 e. The second-order valence-corrected chi connectivity index (χ2v) is 11.1. The van der Waals surface area contributed by atoms with E-state index in [0.29, 0.717) is 18.7 Å². The highest BCUT2D eigenvalue weighted by molar-refractivity contribution is 5.64. The van der Waals surface area contributed by atoms with Crippen LogP contribution in [0.1, 0.15) is 36.1 Å². The van der Waals surface area contributed by atoms with Crippen LogP contribution in [0.3, 0.4) is 0 Å². The molecule has 1 aromatic heterocycles. The van der Waals surface area contributed by atoms with E-state index in [1.54, 1.807) is 13.2 Å². The summed E-state index contributed by atoms with van der Waals surface area (Å²) in [6.07, 6.45) is 7.49. The van der Waals surface area contributed by atoms with Crippen molar-refractivity contribution in [3.63, 3.8) is 0 Å². The Hall–Kier alpha value is -2.88. The zero-order valence-corrected chi connectivity index (χ0v) is 23.2. The highest BCUT2D eigenvalue weighted by Crippen LogP contribution is 2.40. The molecule has 0 amide bonds. The van der Waals surface area contributed by atoms with Gasteiger partial charge in [-0.05, 0) is 63.4 Å². The van der Waals surface area contributed by atoms with Gasteiger partial charge in [0.15, 0.2) is 0 Å². The van der Waals surface area contributed by atoms with Crippen LogP contribution in [-0.4, -0.2) is 103 Å². The lowest BCUT2D eigenvalue weighted by Crippen LogP contribution is -2.50. The minimum atomic E-state index is -0.598. The maximum absolute atomic E-state index is 10.2. The molecule has 6 rings (SSSR count). The van der Waals surface area contributed by atoms with Gasteiger partial charge in [-0.1, -0.05) is 12.6 Å². The van der Waals surface area contributed by atoms with Crippen molar-refractivity contribution in [3.05, 3.63) is 47.7 Å². The van der Waals surface area contributed by atoms with Gasteiger partial charge in [-0.2, -0.15) is 9.97 Å². The summed E-state index contributed by atoms with van der Waals surface area (Å²) in [5, 5.41) is 10.2. The van der Waals surface area contributed by atoms with Gasteiger partial charge in [0, 0.05) is 68.5 Å². The molecule has 4 aliphatic rings. The first-order valence-electron chi connectivity index (χ1n) is 14.6. The Bertz CT molecular complexity index is 1160. The number of fused-ring (bicyclic) bond motifs is 2. The van der Waals surface area contributed by atoms with E-state index in [2.05, 4.69) is 44.4 Å². The minimum Gasteiger partial charge on any atom is -0.496 e. The number of hydrogen-bond acceptors (Lipinski definition) is 9. The number of benzene rings is 1. The monoisotopic (exact) mass is 534 g/mol. The molecule has 0 bridgehead atoms. The van der Waals surface area contributed by atoms with Crippen LogP contribution in [0.15, 0.2) is 30.9 Å². The molecule has 0 saturated carbocycles. The van der Waals surface area contributed by atoms with Crippen LogP contribution in [0.2, 0.25) is 0 Å². The van der Waals surface area contributed by atoms with Gasteiger partial charge >= 0.3 is 6.01 Å². The first-order chi connectivity index (χ1) is 19.1. The third kappa shape index (κ3) is 5.44. The number of rotatable bonds is 9. The predicted octanol–water partition coefficient (Wildman–Crippen LogP) is 2.51. The van der Waals surface area contributed by atoms with Crippen molar-refractivity contribution < 1.29 is 14.6 Å². The van der Waals surface area contributed by atoms with Gasteiger partial charge in [0.1, 0.15) is 24.4 Å². The van der Waals surface area contributed by atoms with Crippen LogP contribution in [0.4, 0.5) is 11.5 Å². The Morgan fingerprint density at radius 2 is 1.87 bits per heavy atom. The van der Waals surface area contributed by atoms with E-state index in [-0.39, 0.29) is 0 Å². The predicted molar refractivity (Wildman–Crippen MR) is 153 cm³/mol. The van der Waals surface area contributed by atoms with Crippen LogP contribution in [0, 0.1) is 0 Å². The molecule has 0 radical (unpaired) electrons. The number of nitrogens with zero attached hydrogens (tertiary/aromatic N) is 6. The Balaban J connectivity index is 1.23. The zero-order valence-electron chi connectivity index (χ0n) is 23.2. The molecule has 4 heterocycles. The maximum Gasteiger partial charge on any atom is 0.318 e. The normalized spacial score (nSPS) is 22.5. The van der Waals surface area contributed by atoms with Crippen molar-refractivity contribution in [2.45, 2.75) is 50.8 Å². The molecule has 9 heteroatoms. The van der Waals surface area contributed by atoms with Gasteiger partial charge < -0.3 is 24.4 Å². The van der Waals surface area contributed by atoms with E-state index in [0.717, 1.165) is 95.3 Å². The SMILES string of the molecule is C=CC(O)N1CCN(c2nc(OCCN3CCCC3)nc3c2CCC(N2CCc4c(OC)cccc42)C3)CC1. The number of aromatic nitrogens is 2. The number of aliphatic hydroxyl groups is 1. The van der Waals surface area contributed by atoms with Crippen molar-refractivity contribution in [2.75, 3.05) is 75.9 Å². The number of anilines is 2. The average molecular weight is 535 g/mol. The van der Waals surface area contributed by atoms with Gasteiger partial charge in [0.25, 0.3) is 0 Å². The Kier molecular flexibility index (Phi) is 7.90. The molecule has 210 valence electrons. The standard InChI is InChI=1S/C30H42N6O3/c1-3-28(37)34-15-17-35(18-16-34)29-23-10-9-22(36-14-11-24-26(36)7-6-8-27(24)38-2)21-25(23)31-30(32-29)39-20-19-33-12-4-5-13-33/h3,6-8,22,28,37H,1,4-5,9-21H2,2H3. The summed E-state index contributed by atoms with van der Waals surface area (Å²) in [6, 6.07) is 7.29. The van der Waals surface area contributed by atoms with E-state index < -0.39 is 6.23 Å². The molecule has 1 aliphatic carbocycles. The van der Waals surface area contributed by atoms with Crippen LogP contribution in [-0.2, 0) is 19.3 Å². The van der Waals surface area contributed by atoms with Crippen molar-refractivity contribution in [3.8, 4) is 11.8 Å². The van der Waals surface area contributed by atoms with Crippen molar-refractivity contribution in [2.24, 2.45) is 0 Å². The highest BCUT2D eigenvalue weighted by Gasteiger charge is 2.34. The minimum absolute atomic E-state index is 0.394. The Morgan fingerprint density at radius 3 is 2.64 bits per heavy atom. The van der Waals surface area contributed by atoms with E-state index in [1.807, 2.05) is 0 Å². The summed E-state index contributed by atoms with van der Waals surface area (Å²) in [7, 11) is 1.76. The summed E-state index contributed by atoms with van der Waals surface area (Å²) < 4.78 is 11.9. The third-order valence-electron chi connectivity index (χ3n) is 8.92. The number of methoxy groups -OCH3 is 1. The zero-order chi connectivity index (χ0) is 26.8. The summed E-state index contributed by atoms with van der Waals surface area (Å²) in [5.74, 6) is 2.01. The number of aliphatic hydroxyl groups excluding tert-OH is 1. The fourth-order valence-corrected chi connectivity index (χ4v) is 6.77. The van der Waals surface area contributed by atoms with Crippen LogP contribution in [0.5, 0.6) is 11.8 Å². The van der Waals surface area contributed by atoms with Gasteiger partial charge in [-0.3, -0.25) is 9.80 Å². The molecule has 3 aliphatic heterocycles. The first-order valence-corrected chi connectivity index (χ1v) is 14.6. The molecule has 0 spiro atoms. The van der Waals surface area contributed by atoms with Crippen LogP contribution >= 0.6 is 0 Å². The van der Waals surface area contributed by atoms with E-state index in [1.165, 1.54) is 29.7 Å². The van der Waals surface area contributed by atoms with Crippen molar-refractivity contribution >= 4 is 11.5 Å². The van der Waals surface area contributed by atoms with Gasteiger partial charge in [-0.15, -0.1) is 0 Å². The van der Waals surface area contributed by atoms with Gasteiger partial charge in [-0.25, -0.2) is 0 Å². The average Bonchev–Trinajstić information content (AvgIpc) is 3.66. The number of ether oxygens (including phenoxy) is 2. The molecule has 9 nitrogen and oxygen atoms in total. The molecule has 2 saturated heterocycles. The first kappa shape index (κ1) is 26.3. The van der Waals surface area contributed by atoms with E-state index in [9.17, 15) is 5.11 Å². The second-order valence-electron chi connectivity index (χ2n) is 11.1. The quantitative estimate of drug-likeness (QED) is 0.489. The van der Waals surface area contributed by atoms with Crippen LogP contribution in [0.25, 0.3) is 0 Å². The molecule has 1 aromatic carbocycles. The summed E-state index contributed by atoms with van der Waals surface area (Å²) in [4.78, 5) is 19.4. The number of likely N-dealkylation sites (tertiary alicyclic amines) is 1. The highest BCUT2D eigenvalue weighted by atomic mass is 16.5. The largest absolute Gasteiger partial charge is 0.496 e. The molecule has 2 unspecified atom stereocenters. The molecule has 2 atom stereocenters. The van der Waals surface area contributed by atoms with E-state index in [4.69, 9.17) is 19.4 Å². The third-order valence-corrected chi connectivity index (χ3v) is 8.92. The Labute approximate surface area is 232 Å². The lowest BCUT2D eigenvalue weighted by atomic mass is 9.90. The Morgan fingerprint density at radius 1 is 1.05 bits per heavy atom. The molecule has 1 N–H and O–H groups in total. The van der Waals surface area contributed by atoms with Gasteiger partial charge in [0.2, 0.25) is 0 Å². The maximum atomic E-state index is 10.2. The number of piperazine rings is 1. The number of hydrogen-bond donors (Lipinski definition) is 1. The lowest BCUT2D eigenvalue weighted by molar-refractivity contribution is 0.0379. The summed E-state index contributed by atoms with van der Waals surface area (Å²) in [6.45, 7) is 11.8.